The van der Waals surface area contributed by atoms with E-state index in [4.69, 9.17) is 4.98 Å². The number of non-ortho nitro benzene ring substituents is 1. The molecule has 32 heavy (non-hydrogen) atoms. The van der Waals surface area contributed by atoms with Gasteiger partial charge in [-0.25, -0.2) is 4.98 Å². The SMILES string of the molecule is O=C(Nc1nc(-c2ccccc2)c(-c2ccccc2)s1)c1cc2cc([N+](=O)[O-])ccc2s1. The summed E-state index contributed by atoms with van der Waals surface area (Å²) in [6, 6.07) is 26.0. The summed E-state index contributed by atoms with van der Waals surface area (Å²) in [4.78, 5) is 29.7. The molecule has 0 saturated carbocycles. The number of nitrogens with zero attached hydrogens (tertiary/aromatic N) is 2. The predicted octanol–water partition coefficient (Wildman–Crippen LogP) is 6.85. The van der Waals surface area contributed by atoms with E-state index in [-0.39, 0.29) is 11.6 Å². The Hall–Kier alpha value is -3.88. The molecule has 5 aromatic rings. The van der Waals surface area contributed by atoms with Gasteiger partial charge in [0.1, 0.15) is 0 Å². The summed E-state index contributed by atoms with van der Waals surface area (Å²) in [6.45, 7) is 0. The Labute approximate surface area is 191 Å². The van der Waals surface area contributed by atoms with Gasteiger partial charge in [0.05, 0.1) is 20.4 Å². The van der Waals surface area contributed by atoms with Gasteiger partial charge in [-0.3, -0.25) is 20.2 Å². The number of rotatable bonds is 5. The van der Waals surface area contributed by atoms with Gasteiger partial charge < -0.3 is 0 Å². The minimum atomic E-state index is -0.442. The molecule has 3 aromatic carbocycles. The molecule has 0 aliphatic rings. The van der Waals surface area contributed by atoms with Crippen molar-refractivity contribution in [2.75, 3.05) is 5.32 Å². The van der Waals surface area contributed by atoms with Gasteiger partial charge in [-0.1, -0.05) is 72.0 Å². The second-order valence-corrected chi connectivity index (χ2v) is 9.06. The second-order valence-electron chi connectivity index (χ2n) is 6.97. The van der Waals surface area contributed by atoms with Crippen LogP contribution in [0.3, 0.4) is 0 Å². The minimum Gasteiger partial charge on any atom is -0.297 e. The Balaban J connectivity index is 1.49. The van der Waals surface area contributed by atoms with Gasteiger partial charge in [-0.2, -0.15) is 0 Å². The van der Waals surface area contributed by atoms with E-state index in [0.717, 1.165) is 26.4 Å². The number of nitro groups is 1. The summed E-state index contributed by atoms with van der Waals surface area (Å²) in [6.07, 6.45) is 0. The highest BCUT2D eigenvalue weighted by Gasteiger charge is 2.18. The highest BCUT2D eigenvalue weighted by atomic mass is 32.1. The monoisotopic (exact) mass is 457 g/mol. The maximum absolute atomic E-state index is 12.9. The lowest BCUT2D eigenvalue weighted by Crippen LogP contribution is -2.09. The number of thiophene rings is 1. The molecule has 156 valence electrons. The molecule has 8 heteroatoms. The largest absolute Gasteiger partial charge is 0.297 e. The third kappa shape index (κ3) is 3.89. The average molecular weight is 458 g/mol. The van der Waals surface area contributed by atoms with Gasteiger partial charge >= 0.3 is 0 Å². The first-order valence-electron chi connectivity index (χ1n) is 9.69. The molecule has 1 amide bonds. The zero-order valence-corrected chi connectivity index (χ0v) is 18.2. The number of fused-ring (bicyclic) bond motifs is 1. The average Bonchev–Trinajstić information content (AvgIpc) is 3.44. The van der Waals surface area contributed by atoms with Crippen molar-refractivity contribution >= 4 is 49.5 Å². The number of hydrogen-bond donors (Lipinski definition) is 1. The molecule has 2 heterocycles. The molecule has 0 aliphatic heterocycles. The van der Waals surface area contributed by atoms with E-state index in [1.807, 2.05) is 60.7 Å². The minimum absolute atomic E-state index is 0.00203. The molecule has 0 saturated heterocycles. The molecule has 0 atom stereocenters. The molecule has 0 unspecified atom stereocenters. The van der Waals surface area contributed by atoms with Crippen LogP contribution in [-0.4, -0.2) is 15.8 Å². The summed E-state index contributed by atoms with van der Waals surface area (Å²) in [7, 11) is 0. The number of aromatic nitrogens is 1. The number of hydrogen-bond acceptors (Lipinski definition) is 6. The van der Waals surface area contributed by atoms with Crippen molar-refractivity contribution in [2.45, 2.75) is 0 Å². The first kappa shape index (κ1) is 20.0. The van der Waals surface area contributed by atoms with Crippen LogP contribution in [0.1, 0.15) is 9.67 Å². The van der Waals surface area contributed by atoms with Gasteiger partial charge in [0.15, 0.2) is 5.13 Å². The van der Waals surface area contributed by atoms with Crippen LogP contribution < -0.4 is 5.32 Å². The maximum atomic E-state index is 12.9. The van der Waals surface area contributed by atoms with Crippen LogP contribution in [0.25, 0.3) is 31.8 Å². The Morgan fingerprint density at radius 2 is 1.56 bits per heavy atom. The van der Waals surface area contributed by atoms with Crippen LogP contribution in [0.2, 0.25) is 0 Å². The fourth-order valence-electron chi connectivity index (χ4n) is 3.37. The van der Waals surface area contributed by atoms with Crippen LogP contribution in [0.4, 0.5) is 10.8 Å². The fraction of sp³-hybridized carbons (Fsp3) is 0. The zero-order chi connectivity index (χ0) is 22.1. The Morgan fingerprint density at radius 1 is 0.875 bits per heavy atom. The van der Waals surface area contributed by atoms with E-state index < -0.39 is 4.92 Å². The molecule has 0 aliphatic carbocycles. The van der Waals surface area contributed by atoms with E-state index in [0.29, 0.717) is 15.4 Å². The summed E-state index contributed by atoms with van der Waals surface area (Å²) < 4.78 is 0.815. The highest BCUT2D eigenvalue weighted by molar-refractivity contribution is 7.21. The van der Waals surface area contributed by atoms with E-state index in [1.165, 1.54) is 34.8 Å². The molecule has 0 spiro atoms. The third-order valence-electron chi connectivity index (χ3n) is 4.87. The summed E-state index contributed by atoms with van der Waals surface area (Å²) >= 11 is 2.71. The lowest BCUT2D eigenvalue weighted by Gasteiger charge is -2.02. The summed E-state index contributed by atoms with van der Waals surface area (Å²) in [5.74, 6) is -0.290. The van der Waals surface area contributed by atoms with Crippen molar-refractivity contribution in [2.24, 2.45) is 0 Å². The number of carbonyl (C=O) groups excluding carboxylic acids is 1. The van der Waals surface area contributed by atoms with Crippen molar-refractivity contribution in [3.63, 3.8) is 0 Å². The van der Waals surface area contributed by atoms with Gasteiger partial charge in [0.2, 0.25) is 0 Å². The Bertz CT molecular complexity index is 1390. The lowest BCUT2D eigenvalue weighted by molar-refractivity contribution is -0.384. The van der Waals surface area contributed by atoms with Crippen LogP contribution in [-0.2, 0) is 0 Å². The zero-order valence-electron chi connectivity index (χ0n) is 16.5. The highest BCUT2D eigenvalue weighted by Crippen LogP contribution is 2.39. The number of anilines is 1. The van der Waals surface area contributed by atoms with E-state index in [9.17, 15) is 14.9 Å². The van der Waals surface area contributed by atoms with E-state index in [1.54, 1.807) is 12.1 Å². The number of nitro benzene ring substituents is 1. The van der Waals surface area contributed by atoms with Gasteiger partial charge in [0, 0.05) is 27.8 Å². The molecule has 0 fully saturated rings. The second kappa shape index (κ2) is 8.33. The van der Waals surface area contributed by atoms with Gasteiger partial charge in [-0.15, -0.1) is 11.3 Å². The number of amides is 1. The molecule has 6 nitrogen and oxygen atoms in total. The van der Waals surface area contributed by atoms with Gasteiger partial charge in [0.25, 0.3) is 11.6 Å². The van der Waals surface area contributed by atoms with Crippen LogP contribution >= 0.6 is 22.7 Å². The third-order valence-corrected chi connectivity index (χ3v) is 7.00. The van der Waals surface area contributed by atoms with E-state index >= 15 is 0 Å². The smallest absolute Gasteiger partial charge is 0.270 e. The van der Waals surface area contributed by atoms with Crippen molar-refractivity contribution in [3.8, 4) is 21.7 Å². The molecular formula is C24H15N3O3S2. The first-order chi connectivity index (χ1) is 15.6. The standard InChI is InChI=1S/C24H15N3O3S2/c28-23(20-14-17-13-18(27(29)30)11-12-19(17)31-20)26-24-25-21(15-7-3-1-4-8-15)22(32-24)16-9-5-2-6-10-16/h1-14H,(H,25,26,28). The molecule has 2 aromatic heterocycles. The number of benzene rings is 3. The molecule has 0 radical (unpaired) electrons. The molecule has 5 rings (SSSR count). The number of nitrogens with one attached hydrogen (secondary N) is 1. The topological polar surface area (TPSA) is 85.1 Å². The normalized spacial score (nSPS) is 10.9. The Kier molecular flexibility index (Phi) is 5.22. The predicted molar refractivity (Wildman–Crippen MR) is 129 cm³/mol. The number of thiazole rings is 1. The van der Waals surface area contributed by atoms with Crippen molar-refractivity contribution in [3.05, 3.63) is 99.9 Å². The molecular weight excluding hydrogens is 442 g/mol. The fourth-order valence-corrected chi connectivity index (χ4v) is 5.29. The van der Waals surface area contributed by atoms with Crippen molar-refractivity contribution in [1.82, 2.24) is 4.98 Å². The maximum Gasteiger partial charge on any atom is 0.270 e. The summed E-state index contributed by atoms with van der Waals surface area (Å²) in [5.41, 5.74) is 2.81. The van der Waals surface area contributed by atoms with Crippen molar-refractivity contribution in [1.29, 1.82) is 0 Å². The van der Waals surface area contributed by atoms with E-state index in [2.05, 4.69) is 5.32 Å². The van der Waals surface area contributed by atoms with Crippen molar-refractivity contribution < 1.29 is 9.72 Å². The van der Waals surface area contributed by atoms with Gasteiger partial charge in [-0.05, 0) is 17.7 Å². The summed E-state index contributed by atoms with van der Waals surface area (Å²) in [5, 5.41) is 15.1. The number of carbonyl (C=O) groups is 1. The quantitative estimate of drug-likeness (QED) is 0.231. The van der Waals surface area contributed by atoms with Crippen LogP contribution in [0.5, 0.6) is 0 Å². The van der Waals surface area contributed by atoms with Crippen LogP contribution in [0, 0.1) is 10.1 Å². The first-order valence-corrected chi connectivity index (χ1v) is 11.3. The molecule has 1 N–H and O–H groups in total. The lowest BCUT2D eigenvalue weighted by atomic mass is 10.1. The van der Waals surface area contributed by atoms with Crippen LogP contribution in [0.15, 0.2) is 84.9 Å². The molecule has 0 bridgehead atoms. The Morgan fingerprint density at radius 3 is 2.25 bits per heavy atom.